The number of halogens is 1. The van der Waals surface area contributed by atoms with Gasteiger partial charge in [-0.15, -0.1) is 0 Å². The molecule has 2 aromatic carbocycles. The molecule has 4 nitrogen and oxygen atoms in total. The molecule has 0 unspecified atom stereocenters. The minimum atomic E-state index is -0.166. The van der Waals surface area contributed by atoms with Gasteiger partial charge < -0.3 is 5.32 Å². The van der Waals surface area contributed by atoms with Crippen molar-refractivity contribution in [3.63, 3.8) is 0 Å². The standard InChI is InChI=1S/C14H12ClN3O/c1-10(19)16-14-8-7-12(9-13(14)15)18-17-11-5-3-2-4-6-11/h2-9H,1H3,(H,16,19)/b18-17+. The number of amides is 1. The van der Waals surface area contributed by atoms with Crippen molar-refractivity contribution in [1.82, 2.24) is 0 Å². The number of carbonyl (C=O) groups is 1. The molecule has 2 rings (SSSR count). The molecule has 0 bridgehead atoms. The van der Waals surface area contributed by atoms with Gasteiger partial charge in [-0.05, 0) is 30.3 Å². The van der Waals surface area contributed by atoms with Crippen molar-refractivity contribution in [3.05, 3.63) is 53.6 Å². The Bertz CT molecular complexity index is 611. The maximum absolute atomic E-state index is 10.9. The Morgan fingerprint density at radius 3 is 2.37 bits per heavy atom. The molecule has 0 fully saturated rings. The van der Waals surface area contributed by atoms with E-state index >= 15 is 0 Å². The molecule has 0 atom stereocenters. The average molecular weight is 274 g/mol. The first-order valence-electron chi connectivity index (χ1n) is 5.69. The summed E-state index contributed by atoms with van der Waals surface area (Å²) in [4.78, 5) is 10.9. The number of carbonyl (C=O) groups excluding carboxylic acids is 1. The lowest BCUT2D eigenvalue weighted by molar-refractivity contribution is -0.114. The van der Waals surface area contributed by atoms with E-state index in [0.717, 1.165) is 5.69 Å². The highest BCUT2D eigenvalue weighted by atomic mass is 35.5. The van der Waals surface area contributed by atoms with Crippen LogP contribution in [-0.2, 0) is 4.79 Å². The molecular weight excluding hydrogens is 262 g/mol. The topological polar surface area (TPSA) is 53.8 Å². The fourth-order valence-electron chi connectivity index (χ4n) is 1.47. The van der Waals surface area contributed by atoms with Crippen LogP contribution in [0.3, 0.4) is 0 Å². The van der Waals surface area contributed by atoms with Gasteiger partial charge >= 0.3 is 0 Å². The van der Waals surface area contributed by atoms with E-state index in [-0.39, 0.29) is 5.91 Å². The predicted molar refractivity (Wildman–Crippen MR) is 76.4 cm³/mol. The Morgan fingerprint density at radius 1 is 1.05 bits per heavy atom. The zero-order chi connectivity index (χ0) is 13.7. The molecule has 0 aliphatic carbocycles. The summed E-state index contributed by atoms with van der Waals surface area (Å²) in [5.41, 5.74) is 1.96. The maximum atomic E-state index is 10.9. The zero-order valence-electron chi connectivity index (χ0n) is 10.3. The minimum Gasteiger partial charge on any atom is -0.325 e. The van der Waals surface area contributed by atoms with Crippen LogP contribution in [0.5, 0.6) is 0 Å². The molecule has 1 N–H and O–H groups in total. The molecule has 0 saturated carbocycles. The Hall–Kier alpha value is -2.20. The first-order chi connectivity index (χ1) is 9.15. The molecule has 5 heteroatoms. The number of nitrogens with zero attached hydrogens (tertiary/aromatic N) is 2. The Morgan fingerprint density at radius 2 is 1.74 bits per heavy atom. The van der Waals surface area contributed by atoms with Gasteiger partial charge in [0.1, 0.15) is 0 Å². The van der Waals surface area contributed by atoms with Crippen molar-refractivity contribution in [2.45, 2.75) is 6.92 Å². The fraction of sp³-hybridized carbons (Fsp3) is 0.0714. The zero-order valence-corrected chi connectivity index (χ0v) is 11.1. The fourth-order valence-corrected chi connectivity index (χ4v) is 1.69. The van der Waals surface area contributed by atoms with Gasteiger partial charge in [-0.3, -0.25) is 4.79 Å². The highest BCUT2D eigenvalue weighted by Gasteiger charge is 2.02. The number of hydrogen-bond donors (Lipinski definition) is 1. The molecule has 19 heavy (non-hydrogen) atoms. The molecule has 0 aromatic heterocycles. The van der Waals surface area contributed by atoms with Crippen LogP contribution in [0.25, 0.3) is 0 Å². The lowest BCUT2D eigenvalue weighted by Crippen LogP contribution is -2.05. The minimum absolute atomic E-state index is 0.166. The van der Waals surface area contributed by atoms with Crippen molar-refractivity contribution < 1.29 is 4.79 Å². The third kappa shape index (κ3) is 3.89. The largest absolute Gasteiger partial charge is 0.325 e. The van der Waals surface area contributed by atoms with Crippen molar-refractivity contribution in [2.75, 3.05) is 5.32 Å². The third-order valence-electron chi connectivity index (χ3n) is 2.30. The summed E-state index contributed by atoms with van der Waals surface area (Å²) in [6.07, 6.45) is 0. The first kappa shape index (κ1) is 13.2. The SMILES string of the molecule is CC(=O)Nc1ccc(/N=N/c2ccccc2)cc1Cl. The van der Waals surface area contributed by atoms with E-state index in [1.165, 1.54) is 6.92 Å². The first-order valence-corrected chi connectivity index (χ1v) is 6.07. The van der Waals surface area contributed by atoms with E-state index < -0.39 is 0 Å². The van der Waals surface area contributed by atoms with Gasteiger partial charge in [0.2, 0.25) is 5.91 Å². The molecule has 0 aliphatic heterocycles. The molecule has 0 radical (unpaired) electrons. The molecule has 1 amide bonds. The summed E-state index contributed by atoms with van der Waals surface area (Å²) >= 11 is 6.04. The smallest absolute Gasteiger partial charge is 0.221 e. The van der Waals surface area contributed by atoms with Crippen molar-refractivity contribution in [1.29, 1.82) is 0 Å². The van der Waals surface area contributed by atoms with Crippen molar-refractivity contribution >= 4 is 34.6 Å². The number of azo groups is 1. The van der Waals surface area contributed by atoms with E-state index in [0.29, 0.717) is 16.4 Å². The summed E-state index contributed by atoms with van der Waals surface area (Å²) in [7, 11) is 0. The maximum Gasteiger partial charge on any atom is 0.221 e. The molecular formula is C14H12ClN3O. The second-order valence-electron chi connectivity index (χ2n) is 3.88. The lowest BCUT2D eigenvalue weighted by Gasteiger charge is -2.04. The van der Waals surface area contributed by atoms with Crippen molar-refractivity contribution in [3.8, 4) is 0 Å². The van der Waals surface area contributed by atoms with Crippen LogP contribution in [0, 0.1) is 0 Å². The highest BCUT2D eigenvalue weighted by Crippen LogP contribution is 2.28. The Balaban J connectivity index is 2.16. The van der Waals surface area contributed by atoms with E-state index in [4.69, 9.17) is 11.6 Å². The number of rotatable bonds is 3. The normalized spacial score (nSPS) is 10.6. The predicted octanol–water partition coefficient (Wildman–Crippen LogP) is 4.71. The van der Waals surface area contributed by atoms with Crippen LogP contribution in [0.1, 0.15) is 6.92 Å². The van der Waals surface area contributed by atoms with E-state index in [1.807, 2.05) is 30.3 Å². The Labute approximate surface area is 116 Å². The average Bonchev–Trinajstić information content (AvgIpc) is 2.40. The quantitative estimate of drug-likeness (QED) is 0.809. The molecule has 96 valence electrons. The summed E-state index contributed by atoms with van der Waals surface area (Å²) in [6.45, 7) is 1.43. The summed E-state index contributed by atoms with van der Waals surface area (Å²) in [5, 5.41) is 11.2. The lowest BCUT2D eigenvalue weighted by atomic mass is 10.3. The summed E-state index contributed by atoms with van der Waals surface area (Å²) in [6, 6.07) is 14.5. The second kappa shape index (κ2) is 6.11. The molecule has 0 heterocycles. The van der Waals surface area contributed by atoms with Gasteiger partial charge in [0, 0.05) is 6.92 Å². The number of nitrogens with one attached hydrogen (secondary N) is 1. The van der Waals surface area contributed by atoms with Gasteiger partial charge in [0.15, 0.2) is 0 Å². The van der Waals surface area contributed by atoms with Gasteiger partial charge in [-0.1, -0.05) is 29.8 Å². The molecule has 0 saturated heterocycles. The molecule has 2 aromatic rings. The monoisotopic (exact) mass is 273 g/mol. The van der Waals surface area contributed by atoms with Gasteiger partial charge in [-0.25, -0.2) is 0 Å². The van der Waals surface area contributed by atoms with E-state index in [2.05, 4.69) is 15.5 Å². The number of benzene rings is 2. The summed E-state index contributed by atoms with van der Waals surface area (Å²) in [5.74, 6) is -0.166. The van der Waals surface area contributed by atoms with Crippen LogP contribution in [-0.4, -0.2) is 5.91 Å². The number of hydrogen-bond acceptors (Lipinski definition) is 3. The molecule has 0 spiro atoms. The molecule has 0 aliphatic rings. The van der Waals surface area contributed by atoms with Gasteiger partial charge in [-0.2, -0.15) is 10.2 Å². The van der Waals surface area contributed by atoms with E-state index in [1.54, 1.807) is 18.2 Å². The van der Waals surface area contributed by atoms with Gasteiger partial charge in [0.05, 0.1) is 22.1 Å². The van der Waals surface area contributed by atoms with Crippen LogP contribution in [0.4, 0.5) is 17.1 Å². The van der Waals surface area contributed by atoms with Crippen molar-refractivity contribution in [2.24, 2.45) is 10.2 Å². The highest BCUT2D eigenvalue weighted by molar-refractivity contribution is 6.34. The van der Waals surface area contributed by atoms with Crippen LogP contribution >= 0.6 is 11.6 Å². The Kier molecular flexibility index (Phi) is 4.26. The van der Waals surface area contributed by atoms with E-state index in [9.17, 15) is 4.79 Å². The second-order valence-corrected chi connectivity index (χ2v) is 4.29. The summed E-state index contributed by atoms with van der Waals surface area (Å²) < 4.78 is 0. The van der Waals surface area contributed by atoms with Crippen LogP contribution in [0.15, 0.2) is 58.8 Å². The van der Waals surface area contributed by atoms with Gasteiger partial charge in [0.25, 0.3) is 0 Å². The number of anilines is 1. The van der Waals surface area contributed by atoms with Crippen LogP contribution < -0.4 is 5.32 Å². The third-order valence-corrected chi connectivity index (χ3v) is 2.61. The van der Waals surface area contributed by atoms with Crippen LogP contribution in [0.2, 0.25) is 5.02 Å².